The standard InChI is InChI=1S/C19H24N4O2S/c1-3-23-18(15-9-10-15)21-22-19(23)26-12-17(25)20-16(13(2)24)11-14-7-5-4-6-8-14/h4-8,15-16H,3,9-12H2,1-2H3,(H,20,25)/t16-/m1/s1. The molecule has 6 nitrogen and oxygen atoms in total. The first-order valence-electron chi connectivity index (χ1n) is 8.98. The number of benzene rings is 1. The van der Waals surface area contributed by atoms with Gasteiger partial charge >= 0.3 is 0 Å². The van der Waals surface area contributed by atoms with E-state index in [1.807, 2.05) is 30.3 Å². The molecular formula is C19H24N4O2S. The third-order valence-corrected chi connectivity index (χ3v) is 5.41. The van der Waals surface area contributed by atoms with E-state index in [1.54, 1.807) is 0 Å². The van der Waals surface area contributed by atoms with E-state index in [-0.39, 0.29) is 17.4 Å². The molecule has 0 spiro atoms. The van der Waals surface area contributed by atoms with Crippen LogP contribution in [0.25, 0.3) is 0 Å². The van der Waals surface area contributed by atoms with Gasteiger partial charge in [-0.15, -0.1) is 10.2 Å². The Bertz CT molecular complexity index is 771. The maximum Gasteiger partial charge on any atom is 0.231 e. The van der Waals surface area contributed by atoms with Gasteiger partial charge in [0, 0.05) is 12.5 Å². The van der Waals surface area contributed by atoms with Gasteiger partial charge in [-0.05, 0) is 38.7 Å². The maximum atomic E-state index is 12.3. The largest absolute Gasteiger partial charge is 0.345 e. The van der Waals surface area contributed by atoms with Crippen LogP contribution >= 0.6 is 11.8 Å². The van der Waals surface area contributed by atoms with E-state index in [9.17, 15) is 9.59 Å². The second-order valence-corrected chi connectivity index (χ2v) is 7.51. The van der Waals surface area contributed by atoms with Crippen molar-refractivity contribution in [3.05, 3.63) is 41.7 Å². The predicted molar refractivity (Wildman–Crippen MR) is 101 cm³/mol. The minimum absolute atomic E-state index is 0.0417. The molecule has 0 bridgehead atoms. The van der Waals surface area contributed by atoms with Gasteiger partial charge in [-0.25, -0.2) is 0 Å². The summed E-state index contributed by atoms with van der Waals surface area (Å²) in [6.45, 7) is 4.37. The summed E-state index contributed by atoms with van der Waals surface area (Å²) in [5, 5.41) is 12.1. The summed E-state index contributed by atoms with van der Waals surface area (Å²) in [6, 6.07) is 9.20. The third kappa shape index (κ3) is 4.72. The second kappa shape index (κ2) is 8.49. The normalized spacial score (nSPS) is 14.8. The van der Waals surface area contributed by atoms with E-state index in [0.29, 0.717) is 12.3 Å². The third-order valence-electron chi connectivity index (χ3n) is 4.45. The molecule has 7 heteroatoms. The van der Waals surface area contributed by atoms with E-state index in [0.717, 1.165) is 23.1 Å². The molecule has 1 aliphatic rings. The topological polar surface area (TPSA) is 76.9 Å². The van der Waals surface area contributed by atoms with Crippen LogP contribution in [0, 0.1) is 0 Å². The number of carbonyl (C=O) groups is 2. The van der Waals surface area contributed by atoms with Crippen LogP contribution in [-0.4, -0.2) is 38.2 Å². The van der Waals surface area contributed by atoms with E-state index >= 15 is 0 Å². The molecule has 1 saturated carbocycles. The fourth-order valence-electron chi connectivity index (χ4n) is 2.86. The van der Waals surface area contributed by atoms with Gasteiger partial charge in [-0.2, -0.15) is 0 Å². The Morgan fingerprint density at radius 2 is 2.00 bits per heavy atom. The molecule has 1 fully saturated rings. The number of ketones is 1. The molecule has 1 amide bonds. The average Bonchev–Trinajstić information content (AvgIpc) is 3.40. The van der Waals surface area contributed by atoms with E-state index in [4.69, 9.17) is 0 Å². The highest BCUT2D eigenvalue weighted by Crippen LogP contribution is 2.39. The van der Waals surface area contributed by atoms with Crippen molar-refractivity contribution >= 4 is 23.5 Å². The number of carbonyl (C=O) groups excluding carboxylic acids is 2. The molecule has 0 unspecified atom stereocenters. The second-order valence-electron chi connectivity index (χ2n) is 6.57. The van der Waals surface area contributed by atoms with Crippen molar-refractivity contribution in [2.45, 2.75) is 56.8 Å². The fourth-order valence-corrected chi connectivity index (χ4v) is 3.68. The van der Waals surface area contributed by atoms with E-state index < -0.39 is 6.04 Å². The molecule has 2 aromatic rings. The monoisotopic (exact) mass is 372 g/mol. The number of nitrogens with zero attached hydrogens (tertiary/aromatic N) is 3. The number of aromatic nitrogens is 3. The van der Waals surface area contributed by atoms with Gasteiger partial charge in [0.2, 0.25) is 5.91 Å². The summed E-state index contributed by atoms with van der Waals surface area (Å²) in [4.78, 5) is 24.2. The molecule has 138 valence electrons. The average molecular weight is 372 g/mol. The van der Waals surface area contributed by atoms with Crippen molar-refractivity contribution in [1.82, 2.24) is 20.1 Å². The number of Topliss-reactive ketones (excluding diaryl/α,β-unsaturated/α-hetero) is 1. The highest BCUT2D eigenvalue weighted by Gasteiger charge is 2.30. The first-order chi connectivity index (χ1) is 12.6. The summed E-state index contributed by atoms with van der Waals surface area (Å²) < 4.78 is 2.09. The number of hydrogen-bond donors (Lipinski definition) is 1. The molecule has 0 radical (unpaired) electrons. The predicted octanol–water partition coefficient (Wildman–Crippen LogP) is 2.58. The highest BCUT2D eigenvalue weighted by atomic mass is 32.2. The molecule has 1 aromatic heterocycles. The molecular weight excluding hydrogens is 348 g/mol. The smallest absolute Gasteiger partial charge is 0.231 e. The summed E-state index contributed by atoms with van der Waals surface area (Å²) >= 11 is 1.37. The van der Waals surface area contributed by atoms with Crippen LogP contribution in [0.2, 0.25) is 0 Å². The Morgan fingerprint density at radius 3 is 2.62 bits per heavy atom. The quantitative estimate of drug-likeness (QED) is 0.685. The van der Waals surface area contributed by atoms with E-state index in [1.165, 1.54) is 31.5 Å². The fraction of sp³-hybridized carbons (Fsp3) is 0.474. The Labute approximate surface area is 157 Å². The molecule has 1 aliphatic carbocycles. The van der Waals surface area contributed by atoms with Gasteiger partial charge in [0.15, 0.2) is 10.9 Å². The van der Waals surface area contributed by atoms with E-state index in [2.05, 4.69) is 27.0 Å². The first-order valence-corrected chi connectivity index (χ1v) is 9.96. The Balaban J connectivity index is 1.56. The number of hydrogen-bond acceptors (Lipinski definition) is 5. The van der Waals surface area contributed by atoms with Gasteiger partial charge in [0.1, 0.15) is 5.82 Å². The minimum atomic E-state index is -0.503. The van der Waals surface area contributed by atoms with Crippen LogP contribution in [0.5, 0.6) is 0 Å². The van der Waals surface area contributed by atoms with Gasteiger partial charge in [0.25, 0.3) is 0 Å². The van der Waals surface area contributed by atoms with Crippen molar-refractivity contribution in [1.29, 1.82) is 0 Å². The lowest BCUT2D eigenvalue weighted by atomic mass is 10.0. The van der Waals surface area contributed by atoms with Gasteiger partial charge < -0.3 is 9.88 Å². The van der Waals surface area contributed by atoms with Crippen LogP contribution in [0.3, 0.4) is 0 Å². The van der Waals surface area contributed by atoms with Crippen molar-refractivity contribution in [2.24, 2.45) is 0 Å². The highest BCUT2D eigenvalue weighted by molar-refractivity contribution is 7.99. The molecule has 1 atom stereocenters. The maximum absolute atomic E-state index is 12.3. The summed E-state index contributed by atoms with van der Waals surface area (Å²) in [7, 11) is 0. The molecule has 3 rings (SSSR count). The Hall–Kier alpha value is -2.15. The van der Waals surface area contributed by atoms with Crippen molar-refractivity contribution in [3.8, 4) is 0 Å². The Kier molecular flexibility index (Phi) is 6.08. The van der Waals surface area contributed by atoms with Crippen LogP contribution in [0.4, 0.5) is 0 Å². The molecule has 0 aliphatic heterocycles. The number of rotatable bonds is 9. The lowest BCUT2D eigenvalue weighted by Gasteiger charge is -2.16. The molecule has 26 heavy (non-hydrogen) atoms. The Morgan fingerprint density at radius 1 is 1.27 bits per heavy atom. The number of nitrogens with one attached hydrogen (secondary N) is 1. The summed E-state index contributed by atoms with van der Waals surface area (Å²) in [5.74, 6) is 1.57. The lowest BCUT2D eigenvalue weighted by molar-refractivity contribution is -0.125. The van der Waals surface area contributed by atoms with Crippen LogP contribution in [-0.2, 0) is 22.6 Å². The lowest BCUT2D eigenvalue weighted by Crippen LogP contribution is -2.42. The molecule has 1 heterocycles. The summed E-state index contributed by atoms with van der Waals surface area (Å²) in [6.07, 6.45) is 2.84. The van der Waals surface area contributed by atoms with Gasteiger partial charge in [-0.1, -0.05) is 42.1 Å². The van der Waals surface area contributed by atoms with Crippen LogP contribution in [0.1, 0.15) is 44.0 Å². The SMILES string of the molecule is CCn1c(SCC(=O)N[C@H](Cc2ccccc2)C(C)=O)nnc1C1CC1. The van der Waals surface area contributed by atoms with Crippen LogP contribution in [0.15, 0.2) is 35.5 Å². The van der Waals surface area contributed by atoms with Crippen molar-refractivity contribution < 1.29 is 9.59 Å². The van der Waals surface area contributed by atoms with Gasteiger partial charge in [-0.3, -0.25) is 9.59 Å². The minimum Gasteiger partial charge on any atom is -0.345 e. The van der Waals surface area contributed by atoms with Crippen molar-refractivity contribution in [2.75, 3.05) is 5.75 Å². The van der Waals surface area contributed by atoms with Crippen LogP contribution < -0.4 is 5.32 Å². The van der Waals surface area contributed by atoms with Crippen molar-refractivity contribution in [3.63, 3.8) is 0 Å². The zero-order chi connectivity index (χ0) is 18.5. The molecule has 1 aromatic carbocycles. The first kappa shape index (κ1) is 18.6. The zero-order valence-corrected chi connectivity index (χ0v) is 16.0. The molecule has 1 N–H and O–H groups in total. The number of amides is 1. The zero-order valence-electron chi connectivity index (χ0n) is 15.1. The van der Waals surface area contributed by atoms with Gasteiger partial charge in [0.05, 0.1) is 11.8 Å². The number of thioether (sulfide) groups is 1. The summed E-state index contributed by atoms with van der Waals surface area (Å²) in [5.41, 5.74) is 1.03. The molecule has 0 saturated heterocycles.